The Morgan fingerprint density at radius 3 is 2.35 bits per heavy atom. The second-order valence-corrected chi connectivity index (χ2v) is 11.2. The van der Waals surface area contributed by atoms with Crippen LogP contribution in [0, 0.1) is 0 Å². The summed E-state index contributed by atoms with van der Waals surface area (Å²) >= 11 is 8.83. The first kappa shape index (κ1) is 18.1. The molecule has 1 fully saturated rings. The van der Waals surface area contributed by atoms with E-state index in [4.69, 9.17) is 0 Å². The van der Waals surface area contributed by atoms with Crippen molar-refractivity contribution in [1.29, 1.82) is 0 Å². The molecule has 1 aliphatic rings. The summed E-state index contributed by atoms with van der Waals surface area (Å²) in [5.74, 6) is 0. The highest BCUT2D eigenvalue weighted by Crippen LogP contribution is 2.29. The smallest absolute Gasteiger partial charge is 0.189 e. The summed E-state index contributed by atoms with van der Waals surface area (Å²) in [6.07, 6.45) is 10.6. The zero-order chi connectivity index (χ0) is 13.1. The highest BCUT2D eigenvalue weighted by atomic mass is 80.0. The number of hydrogen-bond acceptors (Lipinski definition) is 2. The number of aldehydes is 1. The van der Waals surface area contributed by atoms with Crippen molar-refractivity contribution in [1.82, 2.24) is 5.32 Å². The monoisotopic (exact) mass is 433 g/mol. The van der Waals surface area contributed by atoms with Gasteiger partial charge in [-0.25, -0.2) is 0 Å². The maximum Gasteiger partial charge on any atom is 0.189 e. The molecular formula is C12H22Br3NO. The van der Waals surface area contributed by atoms with Crippen molar-refractivity contribution in [3.05, 3.63) is 0 Å². The van der Waals surface area contributed by atoms with E-state index >= 15 is 0 Å². The molecule has 0 aromatic carbocycles. The molecule has 0 saturated carbocycles. The standard InChI is InChI=1S/C10H21N.C2HBr3O/c1-2-3-4-7-10-8-5-6-9-11-10;3-2(4,5)1-6/h10-11H,2-9H2,1H3;1H. The predicted octanol–water partition coefficient (Wildman–Crippen LogP) is 4.73. The number of alkyl halides is 3. The fourth-order valence-corrected chi connectivity index (χ4v) is 1.81. The van der Waals surface area contributed by atoms with Crippen LogP contribution >= 0.6 is 47.8 Å². The van der Waals surface area contributed by atoms with Gasteiger partial charge in [0.15, 0.2) is 8.43 Å². The molecule has 1 rings (SSSR count). The molecule has 102 valence electrons. The van der Waals surface area contributed by atoms with Gasteiger partial charge in [0.25, 0.3) is 0 Å². The average Bonchev–Trinajstić information content (AvgIpc) is 2.31. The van der Waals surface area contributed by atoms with E-state index in [2.05, 4.69) is 60.0 Å². The molecular weight excluding hydrogens is 414 g/mol. The summed E-state index contributed by atoms with van der Waals surface area (Å²) in [5.41, 5.74) is 0. The van der Waals surface area contributed by atoms with Gasteiger partial charge in [-0.3, -0.25) is 4.79 Å². The van der Waals surface area contributed by atoms with E-state index in [-0.39, 0.29) is 0 Å². The van der Waals surface area contributed by atoms with Crippen LogP contribution < -0.4 is 5.32 Å². The Hall–Kier alpha value is 1.07. The van der Waals surface area contributed by atoms with Crippen LogP contribution in [0.5, 0.6) is 0 Å². The SMILES string of the molecule is CCCCCC1CCCCN1.O=CC(Br)(Br)Br. The molecule has 17 heavy (non-hydrogen) atoms. The minimum absolute atomic E-state index is 0.688. The van der Waals surface area contributed by atoms with Crippen LogP contribution in [0.1, 0.15) is 51.9 Å². The second-order valence-electron chi connectivity index (χ2n) is 4.30. The summed E-state index contributed by atoms with van der Waals surface area (Å²) < 4.78 is -0.701. The van der Waals surface area contributed by atoms with Crippen molar-refractivity contribution in [2.45, 2.75) is 60.1 Å². The molecule has 1 saturated heterocycles. The first-order chi connectivity index (χ1) is 7.99. The molecule has 0 amide bonds. The van der Waals surface area contributed by atoms with Gasteiger partial charge in [-0.15, -0.1) is 0 Å². The fourth-order valence-electron chi connectivity index (χ4n) is 1.81. The number of carbonyl (C=O) groups is 1. The predicted molar refractivity (Wildman–Crippen MR) is 85.4 cm³/mol. The summed E-state index contributed by atoms with van der Waals surface area (Å²) in [6, 6.07) is 0.857. The third kappa shape index (κ3) is 13.3. The molecule has 1 aliphatic heterocycles. The van der Waals surface area contributed by atoms with Gasteiger partial charge in [0.1, 0.15) is 0 Å². The number of rotatable bonds is 4. The topological polar surface area (TPSA) is 29.1 Å². The van der Waals surface area contributed by atoms with Crippen molar-refractivity contribution in [2.24, 2.45) is 0 Å². The Morgan fingerprint density at radius 1 is 1.29 bits per heavy atom. The molecule has 1 heterocycles. The number of unbranched alkanes of at least 4 members (excludes halogenated alkanes) is 2. The summed E-state index contributed by atoms with van der Waals surface area (Å²) in [6.45, 7) is 3.53. The third-order valence-corrected chi connectivity index (χ3v) is 3.26. The number of piperidine rings is 1. The average molecular weight is 436 g/mol. The highest BCUT2D eigenvalue weighted by Gasteiger charge is 2.13. The van der Waals surface area contributed by atoms with E-state index in [0.717, 1.165) is 6.04 Å². The first-order valence-corrected chi connectivity index (χ1v) is 8.64. The minimum atomic E-state index is -0.701. The molecule has 0 spiro atoms. The normalized spacial score (nSPS) is 20.4. The highest BCUT2D eigenvalue weighted by molar-refractivity contribution is 9.40. The number of hydrogen-bond donors (Lipinski definition) is 1. The molecule has 0 radical (unpaired) electrons. The first-order valence-electron chi connectivity index (χ1n) is 6.26. The maximum absolute atomic E-state index is 9.69. The third-order valence-electron chi connectivity index (χ3n) is 2.70. The lowest BCUT2D eigenvalue weighted by atomic mass is 9.99. The van der Waals surface area contributed by atoms with Crippen LogP contribution in [0.4, 0.5) is 0 Å². The van der Waals surface area contributed by atoms with Crippen molar-refractivity contribution < 1.29 is 4.79 Å². The van der Waals surface area contributed by atoms with Crippen molar-refractivity contribution in [2.75, 3.05) is 6.54 Å². The fraction of sp³-hybridized carbons (Fsp3) is 0.917. The molecule has 0 aromatic heterocycles. The van der Waals surface area contributed by atoms with Crippen molar-refractivity contribution in [3.8, 4) is 0 Å². The zero-order valence-corrected chi connectivity index (χ0v) is 15.1. The van der Waals surface area contributed by atoms with Crippen molar-refractivity contribution in [3.63, 3.8) is 0 Å². The number of carbonyl (C=O) groups excluding carboxylic acids is 1. The summed E-state index contributed by atoms with van der Waals surface area (Å²) in [5, 5.41) is 3.58. The Labute approximate surface area is 130 Å². The number of nitrogens with one attached hydrogen (secondary N) is 1. The van der Waals surface area contributed by atoms with Crippen LogP contribution in [-0.4, -0.2) is 21.0 Å². The van der Waals surface area contributed by atoms with Gasteiger partial charge in [-0.2, -0.15) is 0 Å². The van der Waals surface area contributed by atoms with Gasteiger partial charge in [-0.1, -0.05) is 80.4 Å². The lowest BCUT2D eigenvalue weighted by molar-refractivity contribution is -0.106. The summed E-state index contributed by atoms with van der Waals surface area (Å²) in [4.78, 5) is 9.69. The van der Waals surface area contributed by atoms with Gasteiger partial charge in [0, 0.05) is 6.04 Å². The van der Waals surface area contributed by atoms with Crippen LogP contribution in [0.2, 0.25) is 0 Å². The van der Waals surface area contributed by atoms with Gasteiger partial charge >= 0.3 is 0 Å². The van der Waals surface area contributed by atoms with E-state index in [0.29, 0.717) is 6.29 Å². The van der Waals surface area contributed by atoms with E-state index in [1.165, 1.54) is 51.5 Å². The van der Waals surface area contributed by atoms with Gasteiger partial charge < -0.3 is 5.32 Å². The zero-order valence-electron chi connectivity index (χ0n) is 10.4. The Kier molecular flexibility index (Phi) is 11.6. The van der Waals surface area contributed by atoms with Crippen LogP contribution in [0.3, 0.4) is 0 Å². The van der Waals surface area contributed by atoms with Crippen LogP contribution in [-0.2, 0) is 4.79 Å². The Bertz CT molecular complexity index is 189. The number of halogens is 3. The van der Waals surface area contributed by atoms with Gasteiger partial charge in [0.2, 0.25) is 0 Å². The van der Waals surface area contributed by atoms with E-state index in [1.807, 2.05) is 0 Å². The molecule has 0 aliphatic carbocycles. The Morgan fingerprint density at radius 2 is 1.94 bits per heavy atom. The van der Waals surface area contributed by atoms with Gasteiger partial charge in [-0.05, 0) is 25.8 Å². The van der Waals surface area contributed by atoms with E-state index in [9.17, 15) is 4.79 Å². The Balaban J connectivity index is 0.000000366. The molecule has 0 bridgehead atoms. The lowest BCUT2D eigenvalue weighted by Crippen LogP contribution is -2.33. The summed E-state index contributed by atoms with van der Waals surface area (Å²) in [7, 11) is 0. The van der Waals surface area contributed by atoms with Crippen molar-refractivity contribution >= 4 is 54.1 Å². The maximum atomic E-state index is 9.69. The van der Waals surface area contributed by atoms with Crippen LogP contribution in [0.15, 0.2) is 0 Å². The molecule has 1 N–H and O–H groups in total. The molecule has 1 atom stereocenters. The molecule has 0 aromatic rings. The minimum Gasteiger partial charge on any atom is -0.314 e. The second kappa shape index (κ2) is 10.9. The van der Waals surface area contributed by atoms with E-state index < -0.39 is 2.14 Å². The molecule has 2 nitrogen and oxygen atoms in total. The van der Waals surface area contributed by atoms with Gasteiger partial charge in [0.05, 0.1) is 0 Å². The lowest BCUT2D eigenvalue weighted by Gasteiger charge is -2.23. The quantitative estimate of drug-likeness (QED) is 0.393. The molecule has 5 heteroatoms. The molecule has 1 unspecified atom stereocenters. The van der Waals surface area contributed by atoms with E-state index in [1.54, 1.807) is 0 Å². The largest absolute Gasteiger partial charge is 0.314 e. The van der Waals surface area contributed by atoms with Crippen LogP contribution in [0.25, 0.3) is 0 Å².